The lowest BCUT2D eigenvalue weighted by molar-refractivity contribution is -0.140. The van der Waals surface area contributed by atoms with Crippen molar-refractivity contribution in [1.82, 2.24) is 9.47 Å². The molecule has 2 fully saturated rings. The molecule has 31 heavy (non-hydrogen) atoms. The van der Waals surface area contributed by atoms with E-state index in [-0.39, 0.29) is 35.9 Å². The number of piperazine rings is 1. The number of aliphatic hydroxyl groups is 1. The number of aliphatic hydroxyl groups excluding tert-OH is 1. The van der Waals surface area contributed by atoms with Crippen LogP contribution in [0, 0.1) is 5.82 Å². The maximum absolute atomic E-state index is 15.0. The van der Waals surface area contributed by atoms with E-state index >= 15 is 0 Å². The number of carbonyl (C=O) groups is 2. The third-order valence-electron chi connectivity index (χ3n) is 5.93. The molecule has 0 radical (unpaired) electrons. The number of amides is 1. The van der Waals surface area contributed by atoms with Crippen molar-refractivity contribution in [3.05, 3.63) is 39.9 Å². The Labute approximate surface area is 177 Å². The first-order valence-electron chi connectivity index (χ1n) is 10.4. The zero-order valence-corrected chi connectivity index (χ0v) is 17.0. The lowest BCUT2D eigenvalue weighted by Gasteiger charge is -2.37. The van der Waals surface area contributed by atoms with E-state index in [4.69, 9.17) is 5.73 Å². The number of rotatable bonds is 6. The van der Waals surface area contributed by atoms with Crippen molar-refractivity contribution < 1.29 is 24.2 Å². The first kappa shape index (κ1) is 21.3. The summed E-state index contributed by atoms with van der Waals surface area (Å²) in [4.78, 5) is 39.6. The van der Waals surface area contributed by atoms with Gasteiger partial charge in [-0.15, -0.1) is 0 Å². The molecule has 4 N–H and O–H groups in total. The van der Waals surface area contributed by atoms with Gasteiger partial charge in [-0.25, -0.2) is 9.18 Å². The van der Waals surface area contributed by atoms with Crippen LogP contribution in [0.3, 0.4) is 0 Å². The summed E-state index contributed by atoms with van der Waals surface area (Å²) in [6.45, 7) is 1.59. The van der Waals surface area contributed by atoms with E-state index in [1.165, 1.54) is 11.1 Å². The van der Waals surface area contributed by atoms with Gasteiger partial charge in [0.2, 0.25) is 5.43 Å². The van der Waals surface area contributed by atoms with Gasteiger partial charge in [0.15, 0.2) is 0 Å². The van der Waals surface area contributed by atoms with Gasteiger partial charge in [-0.05, 0) is 37.9 Å². The number of nitrogens with zero attached hydrogens (tertiary/aromatic N) is 3. The van der Waals surface area contributed by atoms with E-state index in [1.54, 1.807) is 15.5 Å². The summed E-state index contributed by atoms with van der Waals surface area (Å²) >= 11 is 0. The summed E-state index contributed by atoms with van der Waals surface area (Å²) < 4.78 is 16.7. The number of hydrogen-bond donors (Lipinski definition) is 3. The predicted molar refractivity (Wildman–Crippen MR) is 112 cm³/mol. The van der Waals surface area contributed by atoms with Crippen molar-refractivity contribution in [2.75, 3.05) is 37.6 Å². The average molecular weight is 432 g/mol. The fourth-order valence-corrected chi connectivity index (χ4v) is 4.07. The van der Waals surface area contributed by atoms with Gasteiger partial charge < -0.3 is 30.3 Å². The largest absolute Gasteiger partial charge is 0.477 e. The molecule has 2 aliphatic rings. The zero-order valence-electron chi connectivity index (χ0n) is 17.0. The monoisotopic (exact) mass is 432 g/mol. The van der Waals surface area contributed by atoms with Crippen LogP contribution in [-0.2, 0) is 4.79 Å². The van der Waals surface area contributed by atoms with Crippen LogP contribution >= 0.6 is 0 Å². The molecular formula is C21H25FN4O5. The van der Waals surface area contributed by atoms with E-state index in [1.807, 2.05) is 0 Å². The third-order valence-corrected chi connectivity index (χ3v) is 5.93. The molecule has 2 aromatic rings. The number of pyridine rings is 1. The van der Waals surface area contributed by atoms with E-state index in [9.17, 15) is 29.0 Å². The second kappa shape index (κ2) is 8.27. The quantitative estimate of drug-likeness (QED) is 0.607. The van der Waals surface area contributed by atoms with Gasteiger partial charge >= 0.3 is 5.97 Å². The second-order valence-electron chi connectivity index (χ2n) is 8.04. The summed E-state index contributed by atoms with van der Waals surface area (Å²) in [5.74, 6) is -2.33. The molecule has 1 saturated carbocycles. The molecule has 166 valence electrons. The highest BCUT2D eigenvalue weighted by Crippen LogP contribution is 2.38. The number of aromatic carboxylic acids is 1. The molecule has 1 aromatic heterocycles. The van der Waals surface area contributed by atoms with Gasteiger partial charge in [0.05, 0.1) is 11.2 Å². The van der Waals surface area contributed by atoms with Crippen molar-refractivity contribution in [2.45, 2.75) is 31.4 Å². The molecule has 1 amide bonds. The smallest absolute Gasteiger partial charge is 0.341 e. The number of carboxylic acid groups (broad SMARTS) is 1. The Morgan fingerprint density at radius 1 is 1.19 bits per heavy atom. The lowest BCUT2D eigenvalue weighted by Crippen LogP contribution is -2.52. The van der Waals surface area contributed by atoms with Gasteiger partial charge in [0, 0.05) is 43.8 Å². The van der Waals surface area contributed by atoms with Gasteiger partial charge in [0.25, 0.3) is 5.91 Å². The molecule has 10 heteroatoms. The molecule has 1 aliphatic carbocycles. The predicted octanol–water partition coefficient (Wildman–Crippen LogP) is 0.532. The van der Waals surface area contributed by atoms with Crippen LogP contribution in [-0.4, -0.2) is 70.4 Å². The summed E-state index contributed by atoms with van der Waals surface area (Å²) in [6.07, 6.45) is 2.15. The Kier molecular flexibility index (Phi) is 5.67. The molecule has 0 bridgehead atoms. The Balaban J connectivity index is 1.64. The number of aromatic nitrogens is 1. The van der Waals surface area contributed by atoms with Crippen molar-refractivity contribution in [1.29, 1.82) is 0 Å². The molecule has 1 unspecified atom stereocenters. The van der Waals surface area contributed by atoms with Gasteiger partial charge in [0.1, 0.15) is 17.5 Å². The Bertz CT molecular complexity index is 1090. The first-order chi connectivity index (χ1) is 14.8. The van der Waals surface area contributed by atoms with Crippen LogP contribution in [0.4, 0.5) is 10.1 Å². The number of carboxylic acids is 1. The van der Waals surface area contributed by atoms with Crippen LogP contribution in [0.15, 0.2) is 23.1 Å². The Morgan fingerprint density at radius 2 is 1.87 bits per heavy atom. The molecule has 0 spiro atoms. The van der Waals surface area contributed by atoms with E-state index in [0.717, 1.165) is 18.9 Å². The van der Waals surface area contributed by atoms with Crippen molar-refractivity contribution in [3.8, 4) is 0 Å². The Hall–Kier alpha value is -2.98. The number of carbonyl (C=O) groups excluding carboxylic acids is 1. The minimum absolute atomic E-state index is 0.0479. The van der Waals surface area contributed by atoms with Crippen LogP contribution < -0.4 is 16.1 Å². The number of hydrogen-bond acceptors (Lipinski definition) is 6. The van der Waals surface area contributed by atoms with E-state index < -0.39 is 23.3 Å². The van der Waals surface area contributed by atoms with E-state index in [2.05, 4.69) is 0 Å². The topological polar surface area (TPSA) is 129 Å². The number of halogens is 1. The average Bonchev–Trinajstić information content (AvgIpc) is 3.59. The van der Waals surface area contributed by atoms with E-state index in [0.29, 0.717) is 37.4 Å². The highest BCUT2D eigenvalue weighted by Gasteiger charge is 2.30. The van der Waals surface area contributed by atoms with Gasteiger partial charge in [-0.1, -0.05) is 0 Å². The normalized spacial score (nSPS) is 17.8. The summed E-state index contributed by atoms with van der Waals surface area (Å²) in [6, 6.07) is 2.80. The number of anilines is 1. The van der Waals surface area contributed by atoms with Gasteiger partial charge in [-0.2, -0.15) is 0 Å². The first-order valence-corrected chi connectivity index (χ1v) is 10.4. The second-order valence-corrected chi connectivity index (χ2v) is 8.04. The SMILES string of the molecule is NCCC(O)C(=O)N1CCN(c2cc3c(cc2F)c(=O)c(C(=O)O)cn3C2CC2)CC1. The molecule has 4 rings (SSSR count). The standard InChI is InChI=1S/C21H25FN4O5/c22-15-9-13-16(26(12-1-2-12)11-14(19(13)28)21(30)31)10-17(15)24-5-7-25(8-6-24)20(29)18(27)3-4-23/h9-12,18,27H,1-8,23H2,(H,30,31). The molecular weight excluding hydrogens is 407 g/mol. The summed E-state index contributed by atoms with van der Waals surface area (Å²) in [5, 5.41) is 19.3. The molecule has 1 aliphatic heterocycles. The fraction of sp³-hybridized carbons (Fsp3) is 0.476. The Morgan fingerprint density at radius 3 is 2.45 bits per heavy atom. The van der Waals surface area contributed by atoms with Crippen LogP contribution in [0.25, 0.3) is 10.9 Å². The molecule has 2 heterocycles. The van der Waals surface area contributed by atoms with Crippen LogP contribution in [0.5, 0.6) is 0 Å². The van der Waals surface area contributed by atoms with Crippen molar-refractivity contribution in [2.24, 2.45) is 5.73 Å². The molecule has 1 atom stereocenters. The lowest BCUT2D eigenvalue weighted by atomic mass is 10.1. The minimum Gasteiger partial charge on any atom is -0.477 e. The van der Waals surface area contributed by atoms with Crippen molar-refractivity contribution in [3.63, 3.8) is 0 Å². The maximum atomic E-state index is 15.0. The minimum atomic E-state index is -1.33. The number of benzene rings is 1. The molecule has 1 aromatic carbocycles. The highest BCUT2D eigenvalue weighted by atomic mass is 19.1. The fourth-order valence-electron chi connectivity index (χ4n) is 4.07. The number of nitrogens with two attached hydrogens (primary N) is 1. The summed E-state index contributed by atoms with van der Waals surface area (Å²) in [5.41, 5.74) is 5.14. The van der Waals surface area contributed by atoms with Crippen molar-refractivity contribution >= 4 is 28.5 Å². The maximum Gasteiger partial charge on any atom is 0.341 e. The summed E-state index contributed by atoms with van der Waals surface area (Å²) in [7, 11) is 0. The van der Waals surface area contributed by atoms with Crippen LogP contribution in [0.1, 0.15) is 35.7 Å². The van der Waals surface area contributed by atoms with Gasteiger partial charge in [-0.3, -0.25) is 9.59 Å². The zero-order chi connectivity index (χ0) is 22.3. The van der Waals surface area contributed by atoms with Crippen LogP contribution in [0.2, 0.25) is 0 Å². The third kappa shape index (κ3) is 4.00. The number of fused-ring (bicyclic) bond motifs is 1. The molecule has 1 saturated heterocycles. The highest BCUT2D eigenvalue weighted by molar-refractivity contribution is 5.93. The molecule has 9 nitrogen and oxygen atoms in total.